The first-order chi connectivity index (χ1) is 14.5. The molecule has 1 amide bonds. The Balaban J connectivity index is 1.57. The number of amides is 1. The van der Waals surface area contributed by atoms with Crippen molar-refractivity contribution in [3.63, 3.8) is 0 Å². The van der Waals surface area contributed by atoms with Crippen molar-refractivity contribution < 1.29 is 24.5 Å². The first-order valence-corrected chi connectivity index (χ1v) is 9.52. The number of carbonyl (C=O) groups excluding carboxylic acids is 1. The molecule has 154 valence electrons. The summed E-state index contributed by atoms with van der Waals surface area (Å²) < 4.78 is 5.03. The molecule has 1 heterocycles. The molecule has 4 N–H and O–H groups in total. The number of aromatic hydroxyl groups is 1. The number of aromatic nitrogens is 2. The molecule has 2 aromatic carbocycles. The summed E-state index contributed by atoms with van der Waals surface area (Å²) in [6.45, 7) is 0.265. The first-order valence-electron chi connectivity index (χ1n) is 8.71. The molecule has 0 aliphatic heterocycles. The normalized spacial score (nSPS) is 10.7. The molecule has 0 spiro atoms. The number of phenolic OH excluding ortho intramolecular Hbond substituents is 1. The highest BCUT2D eigenvalue weighted by atomic mass is 32.1. The summed E-state index contributed by atoms with van der Waals surface area (Å²) in [6.07, 6.45) is 2.90. The molecule has 30 heavy (non-hydrogen) atoms. The van der Waals surface area contributed by atoms with E-state index in [1.807, 2.05) is 0 Å². The van der Waals surface area contributed by atoms with Crippen LogP contribution in [0.4, 0.5) is 10.8 Å². The highest BCUT2D eigenvalue weighted by molar-refractivity contribution is 7.15. The number of nitrogens with zero attached hydrogens (tertiary/aromatic N) is 2. The van der Waals surface area contributed by atoms with Gasteiger partial charge in [0.15, 0.2) is 11.5 Å². The van der Waals surface area contributed by atoms with Gasteiger partial charge in [-0.2, -0.15) is 0 Å². The lowest BCUT2D eigenvalue weighted by Crippen LogP contribution is -2.07. The number of phenols is 1. The standard InChI is InChI=1S/C20H18N4O5S/c1-29-16-10-12(6-8-15(16)25)7-9-17(26)22-20-24-23-18(30-20)11-21-14-5-3-2-4-13(14)19(27)28/h2-10,21,25H,11H2,1H3,(H,27,28)(H,22,24,26)/b9-7+. The van der Waals surface area contributed by atoms with E-state index in [1.165, 1.54) is 36.7 Å². The highest BCUT2D eigenvalue weighted by Crippen LogP contribution is 2.26. The van der Waals surface area contributed by atoms with Gasteiger partial charge in [-0.05, 0) is 35.9 Å². The Morgan fingerprint density at radius 3 is 2.77 bits per heavy atom. The summed E-state index contributed by atoms with van der Waals surface area (Å²) in [5.74, 6) is -1.10. The van der Waals surface area contributed by atoms with Crippen molar-refractivity contribution in [3.05, 3.63) is 64.7 Å². The third-order valence-electron chi connectivity index (χ3n) is 3.92. The van der Waals surface area contributed by atoms with Crippen molar-refractivity contribution in [2.75, 3.05) is 17.7 Å². The molecule has 0 aliphatic rings. The number of carbonyl (C=O) groups is 2. The van der Waals surface area contributed by atoms with Gasteiger partial charge < -0.3 is 20.3 Å². The second-order valence-corrected chi connectivity index (χ2v) is 7.02. The van der Waals surface area contributed by atoms with E-state index in [0.717, 1.165) is 0 Å². The Morgan fingerprint density at radius 2 is 2.00 bits per heavy atom. The quantitative estimate of drug-likeness (QED) is 0.404. The van der Waals surface area contributed by atoms with Gasteiger partial charge in [0.2, 0.25) is 11.0 Å². The number of ether oxygens (including phenoxy) is 1. The van der Waals surface area contributed by atoms with E-state index in [-0.39, 0.29) is 17.9 Å². The fourth-order valence-corrected chi connectivity index (χ4v) is 3.17. The Morgan fingerprint density at radius 1 is 1.20 bits per heavy atom. The maximum Gasteiger partial charge on any atom is 0.337 e. The van der Waals surface area contributed by atoms with Crippen molar-refractivity contribution in [1.82, 2.24) is 10.2 Å². The monoisotopic (exact) mass is 426 g/mol. The minimum atomic E-state index is -1.03. The van der Waals surface area contributed by atoms with Gasteiger partial charge in [-0.25, -0.2) is 4.79 Å². The molecule has 0 saturated carbocycles. The fourth-order valence-electron chi connectivity index (χ4n) is 2.49. The van der Waals surface area contributed by atoms with Crippen molar-refractivity contribution >= 4 is 40.1 Å². The molecular formula is C20H18N4O5S. The summed E-state index contributed by atoms with van der Waals surface area (Å²) in [4.78, 5) is 23.3. The van der Waals surface area contributed by atoms with Crippen molar-refractivity contribution in [2.24, 2.45) is 0 Å². The molecule has 0 aliphatic carbocycles. The summed E-state index contributed by atoms with van der Waals surface area (Å²) in [5.41, 5.74) is 1.31. The fraction of sp³-hybridized carbons (Fsp3) is 0.100. The summed E-state index contributed by atoms with van der Waals surface area (Å²) >= 11 is 1.17. The SMILES string of the molecule is COc1cc(/C=C/C(=O)Nc2nnc(CNc3ccccc3C(=O)O)s2)ccc1O. The minimum Gasteiger partial charge on any atom is -0.504 e. The maximum absolute atomic E-state index is 12.1. The molecule has 1 aromatic heterocycles. The summed E-state index contributed by atoms with van der Waals surface area (Å²) in [7, 11) is 1.44. The second kappa shape index (κ2) is 9.52. The number of nitrogens with one attached hydrogen (secondary N) is 2. The molecule has 0 fully saturated rings. The molecule has 0 unspecified atom stereocenters. The van der Waals surface area contributed by atoms with Gasteiger partial charge in [-0.15, -0.1) is 10.2 Å². The van der Waals surface area contributed by atoms with Gasteiger partial charge in [0.05, 0.1) is 19.2 Å². The molecule has 0 radical (unpaired) electrons. The number of benzene rings is 2. The third kappa shape index (κ3) is 5.32. The molecule has 0 atom stereocenters. The minimum absolute atomic E-state index is 0.0140. The van der Waals surface area contributed by atoms with Crippen LogP contribution in [-0.4, -0.2) is 39.4 Å². The second-order valence-electron chi connectivity index (χ2n) is 5.96. The van der Waals surface area contributed by atoms with E-state index in [0.29, 0.717) is 27.1 Å². The van der Waals surface area contributed by atoms with Crippen LogP contribution in [-0.2, 0) is 11.3 Å². The number of anilines is 2. The number of methoxy groups -OCH3 is 1. The van der Waals surface area contributed by atoms with Gasteiger partial charge >= 0.3 is 5.97 Å². The van der Waals surface area contributed by atoms with Crippen LogP contribution in [0.1, 0.15) is 20.9 Å². The lowest BCUT2D eigenvalue weighted by molar-refractivity contribution is -0.111. The molecule has 10 heteroatoms. The van der Waals surface area contributed by atoms with Gasteiger partial charge in [0, 0.05) is 11.8 Å². The lowest BCUT2D eigenvalue weighted by Gasteiger charge is -2.07. The van der Waals surface area contributed by atoms with Crippen LogP contribution in [0.3, 0.4) is 0 Å². The summed E-state index contributed by atoms with van der Waals surface area (Å²) in [6, 6.07) is 11.3. The molecule has 9 nitrogen and oxygen atoms in total. The Bertz CT molecular complexity index is 1100. The number of carboxylic acid groups (broad SMARTS) is 1. The highest BCUT2D eigenvalue weighted by Gasteiger charge is 2.11. The van der Waals surface area contributed by atoms with Crippen molar-refractivity contribution in [2.45, 2.75) is 6.54 Å². The smallest absolute Gasteiger partial charge is 0.337 e. The van der Waals surface area contributed by atoms with Crippen LogP contribution in [0, 0.1) is 0 Å². The number of aromatic carboxylic acids is 1. The largest absolute Gasteiger partial charge is 0.504 e. The van der Waals surface area contributed by atoms with E-state index in [9.17, 15) is 19.8 Å². The van der Waals surface area contributed by atoms with Crippen LogP contribution < -0.4 is 15.4 Å². The topological polar surface area (TPSA) is 134 Å². The van der Waals surface area contributed by atoms with E-state index in [2.05, 4.69) is 20.8 Å². The average molecular weight is 426 g/mol. The van der Waals surface area contributed by atoms with Gasteiger partial charge in [-0.1, -0.05) is 29.5 Å². The molecular weight excluding hydrogens is 408 g/mol. The molecule has 3 aromatic rings. The van der Waals surface area contributed by atoms with Crippen LogP contribution in [0.2, 0.25) is 0 Å². The maximum atomic E-state index is 12.1. The van der Waals surface area contributed by atoms with Crippen LogP contribution in [0.15, 0.2) is 48.5 Å². The number of hydrogen-bond acceptors (Lipinski definition) is 8. The van der Waals surface area contributed by atoms with E-state index in [4.69, 9.17) is 4.74 Å². The number of para-hydroxylation sites is 1. The van der Waals surface area contributed by atoms with Crippen LogP contribution >= 0.6 is 11.3 Å². The lowest BCUT2D eigenvalue weighted by atomic mass is 10.2. The van der Waals surface area contributed by atoms with Crippen molar-refractivity contribution in [3.8, 4) is 11.5 Å². The molecule has 0 saturated heterocycles. The zero-order valence-corrected chi connectivity index (χ0v) is 16.6. The Kier molecular flexibility index (Phi) is 6.60. The van der Waals surface area contributed by atoms with Crippen LogP contribution in [0.25, 0.3) is 6.08 Å². The number of carboxylic acids is 1. The van der Waals surface area contributed by atoms with E-state index in [1.54, 1.807) is 36.4 Å². The third-order valence-corrected chi connectivity index (χ3v) is 4.75. The van der Waals surface area contributed by atoms with Gasteiger partial charge in [0.1, 0.15) is 5.01 Å². The Hall–Kier alpha value is -3.92. The summed E-state index contributed by atoms with van der Waals surface area (Å²) in [5, 5.41) is 33.2. The number of rotatable bonds is 8. The Labute approximate surface area is 175 Å². The molecule has 3 rings (SSSR count). The van der Waals surface area contributed by atoms with E-state index >= 15 is 0 Å². The predicted octanol–water partition coefficient (Wildman–Crippen LogP) is 3.21. The van der Waals surface area contributed by atoms with Crippen molar-refractivity contribution in [1.29, 1.82) is 0 Å². The van der Waals surface area contributed by atoms with Gasteiger partial charge in [-0.3, -0.25) is 10.1 Å². The van der Waals surface area contributed by atoms with Crippen LogP contribution in [0.5, 0.6) is 11.5 Å². The zero-order valence-electron chi connectivity index (χ0n) is 15.8. The average Bonchev–Trinajstić information content (AvgIpc) is 3.19. The first kappa shape index (κ1) is 20.8. The number of hydrogen-bond donors (Lipinski definition) is 4. The van der Waals surface area contributed by atoms with E-state index < -0.39 is 11.9 Å². The molecule has 0 bridgehead atoms. The van der Waals surface area contributed by atoms with Gasteiger partial charge in [0.25, 0.3) is 0 Å². The zero-order chi connectivity index (χ0) is 21.5. The predicted molar refractivity (Wildman–Crippen MR) is 113 cm³/mol.